The summed E-state index contributed by atoms with van der Waals surface area (Å²) < 4.78 is 0. The molecule has 0 unspecified atom stereocenters. The summed E-state index contributed by atoms with van der Waals surface area (Å²) in [5.41, 5.74) is 13.5. The molecule has 0 fully saturated rings. The van der Waals surface area contributed by atoms with Crippen LogP contribution in [0.4, 0.5) is 5.69 Å². The molecule has 23 heavy (non-hydrogen) atoms. The van der Waals surface area contributed by atoms with E-state index in [1.165, 1.54) is 55.9 Å². The number of fused-ring (bicyclic) bond motifs is 1. The van der Waals surface area contributed by atoms with Crippen LogP contribution in [0.25, 0.3) is 0 Å². The molecule has 0 aliphatic carbocycles. The molecule has 1 heterocycles. The fourth-order valence-corrected chi connectivity index (χ4v) is 3.64. The Morgan fingerprint density at radius 2 is 1.39 bits per heavy atom. The molecule has 0 spiro atoms. The summed E-state index contributed by atoms with van der Waals surface area (Å²) in [6, 6.07) is 6.79. The average Bonchev–Trinajstić information content (AvgIpc) is 2.93. The summed E-state index contributed by atoms with van der Waals surface area (Å²) in [6.45, 7) is 15.7. The highest BCUT2D eigenvalue weighted by Crippen LogP contribution is 2.35. The zero-order valence-corrected chi connectivity index (χ0v) is 15.5. The molecule has 0 aromatic heterocycles. The molecule has 0 saturated carbocycles. The molecule has 120 valence electrons. The Bertz CT molecular complexity index is 793. The molecule has 0 amide bonds. The molecule has 0 saturated heterocycles. The van der Waals surface area contributed by atoms with E-state index in [9.17, 15) is 0 Å². The largest absolute Gasteiger partial charge is 0.252 e. The number of hydrogen-bond acceptors (Lipinski definition) is 1. The van der Waals surface area contributed by atoms with Gasteiger partial charge < -0.3 is 0 Å². The van der Waals surface area contributed by atoms with Crippen molar-refractivity contribution in [2.75, 3.05) is 0 Å². The highest BCUT2D eigenvalue weighted by Gasteiger charge is 2.22. The van der Waals surface area contributed by atoms with Gasteiger partial charge in [-0.05, 0) is 85.5 Å². The highest BCUT2D eigenvalue weighted by molar-refractivity contribution is 6.09. The van der Waals surface area contributed by atoms with Crippen molar-refractivity contribution < 1.29 is 0 Å². The van der Waals surface area contributed by atoms with Crippen LogP contribution in [-0.2, 0) is 6.42 Å². The van der Waals surface area contributed by atoms with E-state index in [-0.39, 0.29) is 0 Å². The van der Waals surface area contributed by atoms with E-state index in [0.717, 1.165) is 6.42 Å². The third-order valence-corrected chi connectivity index (χ3v) is 5.68. The van der Waals surface area contributed by atoms with Crippen LogP contribution in [0.15, 0.2) is 23.2 Å². The second-order valence-corrected chi connectivity index (χ2v) is 7.28. The molecule has 2 aromatic rings. The van der Waals surface area contributed by atoms with Gasteiger partial charge in [-0.1, -0.05) is 26.0 Å². The molecule has 1 nitrogen and oxygen atoms in total. The van der Waals surface area contributed by atoms with Gasteiger partial charge in [0.1, 0.15) is 0 Å². The zero-order chi connectivity index (χ0) is 16.9. The summed E-state index contributed by atoms with van der Waals surface area (Å²) >= 11 is 0. The lowest BCUT2D eigenvalue weighted by Gasteiger charge is -2.18. The van der Waals surface area contributed by atoms with Crippen LogP contribution >= 0.6 is 0 Å². The number of hydrogen-bond donors (Lipinski definition) is 0. The van der Waals surface area contributed by atoms with Gasteiger partial charge in [-0.3, -0.25) is 4.99 Å². The fraction of sp³-hybridized carbons (Fsp3) is 0.409. The van der Waals surface area contributed by atoms with Crippen molar-refractivity contribution in [3.63, 3.8) is 0 Å². The van der Waals surface area contributed by atoms with Crippen LogP contribution in [0.3, 0.4) is 0 Å². The van der Waals surface area contributed by atoms with E-state index < -0.39 is 0 Å². The molecular weight excluding hydrogens is 278 g/mol. The van der Waals surface area contributed by atoms with Gasteiger partial charge in [0.15, 0.2) is 0 Å². The summed E-state index contributed by atoms with van der Waals surface area (Å²) in [5.74, 6) is 0.548. The first-order valence-corrected chi connectivity index (χ1v) is 8.59. The number of aliphatic imine (C=N–C) groups is 1. The maximum absolute atomic E-state index is 5.02. The average molecular weight is 305 g/mol. The summed E-state index contributed by atoms with van der Waals surface area (Å²) in [6.07, 6.45) is 0.956. The molecule has 0 N–H and O–H groups in total. The molecule has 3 rings (SSSR count). The van der Waals surface area contributed by atoms with Crippen LogP contribution < -0.4 is 0 Å². The van der Waals surface area contributed by atoms with Crippen molar-refractivity contribution >= 4 is 11.4 Å². The minimum absolute atomic E-state index is 0.548. The van der Waals surface area contributed by atoms with Crippen LogP contribution in [0.5, 0.6) is 0 Å². The zero-order valence-electron chi connectivity index (χ0n) is 15.5. The predicted octanol–water partition coefficient (Wildman–Crippen LogP) is 6.03. The Morgan fingerprint density at radius 3 is 1.96 bits per heavy atom. The normalized spacial score (nSPS) is 13.5. The number of nitrogens with zero attached hydrogens (tertiary/aromatic N) is 1. The monoisotopic (exact) mass is 305 g/mol. The maximum Gasteiger partial charge on any atom is 0.0672 e. The molecule has 0 radical (unpaired) electrons. The van der Waals surface area contributed by atoms with Crippen LogP contribution in [-0.4, -0.2) is 5.71 Å². The highest BCUT2D eigenvalue weighted by atomic mass is 14.8. The van der Waals surface area contributed by atoms with Crippen LogP contribution in [0, 0.1) is 34.6 Å². The lowest BCUT2D eigenvalue weighted by atomic mass is 9.86. The van der Waals surface area contributed by atoms with E-state index in [1.807, 2.05) is 0 Å². The Labute approximate surface area is 140 Å². The minimum Gasteiger partial charge on any atom is -0.252 e. The lowest BCUT2D eigenvalue weighted by molar-refractivity contribution is 0.866. The molecule has 1 aliphatic rings. The minimum atomic E-state index is 0.548. The second kappa shape index (κ2) is 5.63. The number of benzene rings is 2. The lowest BCUT2D eigenvalue weighted by Crippen LogP contribution is -2.10. The smallest absolute Gasteiger partial charge is 0.0672 e. The standard InChI is InChI=1S/C22H27N/c1-12(2)18-8-9-19-11-21(23-20(19)10-18)22-16(6)14(4)13(3)15(5)17(22)7/h8-10,12H,11H2,1-7H3. The topological polar surface area (TPSA) is 12.4 Å². The Kier molecular flexibility index (Phi) is 3.91. The van der Waals surface area contributed by atoms with Crippen molar-refractivity contribution in [2.24, 2.45) is 4.99 Å². The second-order valence-electron chi connectivity index (χ2n) is 7.28. The van der Waals surface area contributed by atoms with E-state index in [0.29, 0.717) is 5.92 Å². The van der Waals surface area contributed by atoms with E-state index in [4.69, 9.17) is 4.99 Å². The SMILES string of the molecule is Cc1c(C)c(C)c(C2=Nc3cc(C(C)C)ccc3C2)c(C)c1C. The van der Waals surface area contributed by atoms with Gasteiger partial charge in [-0.15, -0.1) is 0 Å². The molecule has 0 atom stereocenters. The quantitative estimate of drug-likeness (QED) is 0.642. The maximum atomic E-state index is 5.02. The van der Waals surface area contributed by atoms with E-state index >= 15 is 0 Å². The third kappa shape index (κ3) is 2.52. The van der Waals surface area contributed by atoms with Crippen LogP contribution in [0.1, 0.15) is 64.3 Å². The van der Waals surface area contributed by atoms with E-state index in [2.05, 4.69) is 66.7 Å². The van der Waals surface area contributed by atoms with Crippen molar-refractivity contribution in [1.82, 2.24) is 0 Å². The summed E-state index contributed by atoms with van der Waals surface area (Å²) in [4.78, 5) is 5.02. The van der Waals surface area contributed by atoms with Gasteiger partial charge >= 0.3 is 0 Å². The van der Waals surface area contributed by atoms with Gasteiger partial charge in [-0.2, -0.15) is 0 Å². The molecule has 2 aromatic carbocycles. The van der Waals surface area contributed by atoms with Crippen molar-refractivity contribution in [3.8, 4) is 0 Å². The fourth-order valence-electron chi connectivity index (χ4n) is 3.64. The van der Waals surface area contributed by atoms with Crippen molar-refractivity contribution in [3.05, 3.63) is 62.7 Å². The Morgan fingerprint density at radius 1 is 0.826 bits per heavy atom. The molecule has 1 heteroatoms. The summed E-state index contributed by atoms with van der Waals surface area (Å²) in [5, 5.41) is 0. The molecule has 1 aliphatic heterocycles. The predicted molar refractivity (Wildman–Crippen MR) is 101 cm³/mol. The van der Waals surface area contributed by atoms with Gasteiger partial charge in [0.2, 0.25) is 0 Å². The van der Waals surface area contributed by atoms with Gasteiger partial charge in [0, 0.05) is 12.0 Å². The third-order valence-electron chi connectivity index (χ3n) is 5.68. The van der Waals surface area contributed by atoms with E-state index in [1.54, 1.807) is 0 Å². The van der Waals surface area contributed by atoms with Crippen LogP contribution in [0.2, 0.25) is 0 Å². The molecule has 0 bridgehead atoms. The van der Waals surface area contributed by atoms with Gasteiger partial charge in [-0.25, -0.2) is 0 Å². The Hall–Kier alpha value is -1.89. The van der Waals surface area contributed by atoms with Crippen molar-refractivity contribution in [1.29, 1.82) is 0 Å². The number of rotatable bonds is 2. The van der Waals surface area contributed by atoms with Gasteiger partial charge in [0.25, 0.3) is 0 Å². The summed E-state index contributed by atoms with van der Waals surface area (Å²) in [7, 11) is 0. The van der Waals surface area contributed by atoms with Gasteiger partial charge in [0.05, 0.1) is 11.4 Å². The van der Waals surface area contributed by atoms with Crippen molar-refractivity contribution in [2.45, 2.75) is 60.8 Å². The first kappa shape index (κ1) is 16.0. The first-order valence-electron chi connectivity index (χ1n) is 8.59. The Balaban J connectivity index is 2.13. The molecular formula is C22H27N. The first-order chi connectivity index (χ1) is 10.8.